The maximum Gasteiger partial charge on any atom is 0.251 e. The molecule has 0 saturated carbocycles. The lowest BCUT2D eigenvalue weighted by Crippen LogP contribution is -2.35. The van der Waals surface area contributed by atoms with Crippen molar-refractivity contribution in [3.8, 4) is 11.1 Å². The molecular formula is C18H19NO3S. The molecule has 1 fully saturated rings. The van der Waals surface area contributed by atoms with Crippen molar-refractivity contribution < 1.29 is 13.2 Å². The van der Waals surface area contributed by atoms with Crippen LogP contribution in [0.1, 0.15) is 22.3 Å². The summed E-state index contributed by atoms with van der Waals surface area (Å²) in [5.74, 6) is -0.0287. The predicted molar refractivity (Wildman–Crippen MR) is 91.1 cm³/mol. The number of nitrogens with one attached hydrogen (secondary N) is 1. The van der Waals surface area contributed by atoms with Crippen molar-refractivity contribution in [1.82, 2.24) is 5.32 Å². The standard InChI is InChI=1S/C18H19NO3S/c1-13-4-2-5-14(10-13)15-6-3-7-16(11-15)18(20)19-17-8-9-23(21,22)12-17/h2-7,10-11,17H,8-9,12H2,1H3,(H,19,20)/t17-/m1/s1. The minimum absolute atomic E-state index is 0.0380. The number of hydrogen-bond donors (Lipinski definition) is 1. The van der Waals surface area contributed by atoms with Gasteiger partial charge in [-0.25, -0.2) is 8.42 Å². The summed E-state index contributed by atoms with van der Waals surface area (Å²) in [5.41, 5.74) is 3.74. The van der Waals surface area contributed by atoms with E-state index >= 15 is 0 Å². The lowest BCUT2D eigenvalue weighted by Gasteiger charge is -2.12. The van der Waals surface area contributed by atoms with E-state index in [0.717, 1.165) is 16.7 Å². The summed E-state index contributed by atoms with van der Waals surface area (Å²) in [7, 11) is -2.99. The molecule has 0 bridgehead atoms. The van der Waals surface area contributed by atoms with Gasteiger partial charge in [-0.15, -0.1) is 0 Å². The maximum atomic E-state index is 12.4. The van der Waals surface area contributed by atoms with E-state index < -0.39 is 9.84 Å². The van der Waals surface area contributed by atoms with Gasteiger partial charge in [-0.1, -0.05) is 42.0 Å². The third-order valence-corrected chi connectivity index (χ3v) is 5.81. The van der Waals surface area contributed by atoms with E-state index in [1.54, 1.807) is 6.07 Å². The van der Waals surface area contributed by atoms with Crippen LogP contribution in [0.3, 0.4) is 0 Å². The van der Waals surface area contributed by atoms with Gasteiger partial charge < -0.3 is 5.32 Å². The number of aryl methyl sites for hydroxylation is 1. The van der Waals surface area contributed by atoms with E-state index in [9.17, 15) is 13.2 Å². The first-order valence-corrected chi connectivity index (χ1v) is 9.43. The number of rotatable bonds is 3. The first-order valence-electron chi connectivity index (χ1n) is 7.61. The Morgan fingerprint density at radius 3 is 2.43 bits per heavy atom. The van der Waals surface area contributed by atoms with Crippen LogP contribution in [0, 0.1) is 6.92 Å². The van der Waals surface area contributed by atoms with Gasteiger partial charge in [0, 0.05) is 11.6 Å². The van der Waals surface area contributed by atoms with Crippen LogP contribution in [0.2, 0.25) is 0 Å². The van der Waals surface area contributed by atoms with Crippen molar-refractivity contribution in [2.24, 2.45) is 0 Å². The van der Waals surface area contributed by atoms with Crippen molar-refractivity contribution in [2.45, 2.75) is 19.4 Å². The van der Waals surface area contributed by atoms with Gasteiger partial charge in [-0.3, -0.25) is 4.79 Å². The summed E-state index contributed by atoms with van der Waals surface area (Å²) >= 11 is 0. The van der Waals surface area contributed by atoms with Gasteiger partial charge in [0.15, 0.2) is 9.84 Å². The highest BCUT2D eigenvalue weighted by atomic mass is 32.2. The summed E-state index contributed by atoms with van der Waals surface area (Å²) in [6.07, 6.45) is 0.492. The number of hydrogen-bond acceptors (Lipinski definition) is 3. The summed E-state index contributed by atoms with van der Waals surface area (Å²) in [4.78, 5) is 12.4. The SMILES string of the molecule is Cc1cccc(-c2cccc(C(=O)N[C@@H]3CCS(=O)(=O)C3)c2)c1. The van der Waals surface area contributed by atoms with Crippen LogP contribution in [0.25, 0.3) is 11.1 Å². The molecule has 1 saturated heterocycles. The Bertz CT molecular complexity index is 843. The van der Waals surface area contributed by atoms with Crippen LogP contribution in [-0.4, -0.2) is 31.9 Å². The third kappa shape index (κ3) is 3.79. The van der Waals surface area contributed by atoms with Gasteiger partial charge in [0.25, 0.3) is 5.91 Å². The van der Waals surface area contributed by atoms with Gasteiger partial charge >= 0.3 is 0 Å². The highest BCUT2D eigenvalue weighted by molar-refractivity contribution is 7.91. The monoisotopic (exact) mass is 329 g/mol. The minimum atomic E-state index is -2.99. The quantitative estimate of drug-likeness (QED) is 0.941. The van der Waals surface area contributed by atoms with Crippen molar-refractivity contribution >= 4 is 15.7 Å². The number of benzene rings is 2. The molecule has 1 N–H and O–H groups in total. The second-order valence-electron chi connectivity index (χ2n) is 6.02. The van der Waals surface area contributed by atoms with E-state index in [0.29, 0.717) is 12.0 Å². The summed E-state index contributed by atoms with van der Waals surface area (Å²) in [5, 5.41) is 2.82. The number of amides is 1. The average molecular weight is 329 g/mol. The van der Waals surface area contributed by atoms with Crippen LogP contribution in [-0.2, 0) is 9.84 Å². The molecule has 1 amide bonds. The van der Waals surface area contributed by atoms with E-state index in [1.807, 2.05) is 43.3 Å². The fourth-order valence-corrected chi connectivity index (χ4v) is 4.52. The molecule has 5 heteroatoms. The van der Waals surface area contributed by atoms with E-state index in [1.165, 1.54) is 0 Å². The molecule has 0 radical (unpaired) electrons. The fourth-order valence-electron chi connectivity index (χ4n) is 2.84. The molecule has 2 aromatic rings. The number of carbonyl (C=O) groups is 1. The summed E-state index contributed by atoms with van der Waals surface area (Å²) in [6.45, 7) is 2.03. The van der Waals surface area contributed by atoms with Gasteiger partial charge in [0.05, 0.1) is 11.5 Å². The second kappa shape index (κ2) is 6.16. The second-order valence-corrected chi connectivity index (χ2v) is 8.25. The molecule has 1 aliphatic rings. The molecule has 0 aliphatic carbocycles. The van der Waals surface area contributed by atoms with Crippen molar-refractivity contribution in [2.75, 3.05) is 11.5 Å². The molecule has 0 aromatic heterocycles. The zero-order valence-electron chi connectivity index (χ0n) is 13.0. The highest BCUT2D eigenvalue weighted by Gasteiger charge is 2.29. The van der Waals surface area contributed by atoms with Gasteiger partial charge in [-0.2, -0.15) is 0 Å². The molecule has 1 atom stereocenters. The maximum absolute atomic E-state index is 12.4. The van der Waals surface area contributed by atoms with E-state index in [2.05, 4.69) is 11.4 Å². The average Bonchev–Trinajstić information content (AvgIpc) is 2.86. The van der Waals surface area contributed by atoms with E-state index in [-0.39, 0.29) is 23.5 Å². The van der Waals surface area contributed by atoms with Crippen LogP contribution in [0.15, 0.2) is 48.5 Å². The van der Waals surface area contributed by atoms with Crippen LogP contribution < -0.4 is 5.32 Å². The largest absolute Gasteiger partial charge is 0.348 e. The topological polar surface area (TPSA) is 63.2 Å². The van der Waals surface area contributed by atoms with Crippen molar-refractivity contribution in [1.29, 1.82) is 0 Å². The highest BCUT2D eigenvalue weighted by Crippen LogP contribution is 2.22. The molecule has 120 valence electrons. The minimum Gasteiger partial charge on any atom is -0.348 e. The molecule has 4 nitrogen and oxygen atoms in total. The zero-order chi connectivity index (χ0) is 16.4. The van der Waals surface area contributed by atoms with Gasteiger partial charge in [0.2, 0.25) is 0 Å². The molecule has 1 aliphatic heterocycles. The smallest absolute Gasteiger partial charge is 0.251 e. The predicted octanol–water partition coefficient (Wildman–Crippen LogP) is 2.58. The van der Waals surface area contributed by atoms with E-state index in [4.69, 9.17) is 0 Å². The fraction of sp³-hybridized carbons (Fsp3) is 0.278. The lowest BCUT2D eigenvalue weighted by atomic mass is 10.0. The number of carbonyl (C=O) groups excluding carboxylic acids is 1. The van der Waals surface area contributed by atoms with Gasteiger partial charge in [-0.05, 0) is 36.6 Å². The van der Waals surface area contributed by atoms with Crippen molar-refractivity contribution in [3.63, 3.8) is 0 Å². The first kappa shape index (κ1) is 15.7. The molecule has 0 unspecified atom stereocenters. The van der Waals surface area contributed by atoms with Gasteiger partial charge in [0.1, 0.15) is 0 Å². The molecule has 3 rings (SSSR count). The molecular weight excluding hydrogens is 310 g/mol. The summed E-state index contributed by atoms with van der Waals surface area (Å²) in [6, 6.07) is 15.2. The Morgan fingerprint density at radius 1 is 1.09 bits per heavy atom. The van der Waals surface area contributed by atoms with Crippen molar-refractivity contribution in [3.05, 3.63) is 59.7 Å². The van der Waals surface area contributed by atoms with Crippen LogP contribution >= 0.6 is 0 Å². The Kier molecular flexibility index (Phi) is 4.22. The van der Waals surface area contributed by atoms with Crippen LogP contribution in [0.4, 0.5) is 0 Å². The Balaban J connectivity index is 1.78. The molecule has 1 heterocycles. The number of sulfone groups is 1. The molecule has 23 heavy (non-hydrogen) atoms. The first-order chi connectivity index (χ1) is 10.9. The Hall–Kier alpha value is -2.14. The molecule has 0 spiro atoms. The normalized spacial score (nSPS) is 19.4. The Labute approximate surface area is 136 Å². The van der Waals surface area contributed by atoms with Crippen LogP contribution in [0.5, 0.6) is 0 Å². The lowest BCUT2D eigenvalue weighted by molar-refractivity contribution is 0.0941. The Morgan fingerprint density at radius 2 is 1.78 bits per heavy atom. The zero-order valence-corrected chi connectivity index (χ0v) is 13.8. The molecule has 2 aromatic carbocycles. The third-order valence-electron chi connectivity index (χ3n) is 4.04. The summed E-state index contributed by atoms with van der Waals surface area (Å²) < 4.78 is 23.0.